The third kappa shape index (κ3) is 3.75. The van der Waals surface area contributed by atoms with Crippen LogP contribution in [-0.4, -0.2) is 41.2 Å². The molecule has 1 amide bonds. The van der Waals surface area contributed by atoms with Crippen LogP contribution in [0.3, 0.4) is 0 Å². The van der Waals surface area contributed by atoms with Crippen molar-refractivity contribution in [3.05, 3.63) is 53.9 Å². The van der Waals surface area contributed by atoms with Crippen LogP contribution in [0.15, 0.2) is 47.1 Å². The molecule has 1 N–H and O–H groups in total. The summed E-state index contributed by atoms with van der Waals surface area (Å²) in [4.78, 5) is 31.2. The molecule has 0 spiro atoms. The fourth-order valence-corrected chi connectivity index (χ4v) is 2.25. The number of aromatic nitrogens is 3. The molecule has 0 aliphatic rings. The van der Waals surface area contributed by atoms with E-state index in [0.29, 0.717) is 23.7 Å². The number of hydrogen-bond acceptors (Lipinski definition) is 7. The van der Waals surface area contributed by atoms with E-state index in [0.717, 1.165) is 11.1 Å². The lowest BCUT2D eigenvalue weighted by Gasteiger charge is -2.01. The van der Waals surface area contributed by atoms with E-state index in [1.807, 2.05) is 24.3 Å². The number of likely N-dealkylation sites (N-methyl/N-ethyl adjacent to an activating group) is 1. The summed E-state index contributed by atoms with van der Waals surface area (Å²) < 4.78 is 9.87. The molecule has 0 aliphatic carbocycles. The second kappa shape index (κ2) is 7.56. The van der Waals surface area contributed by atoms with E-state index in [-0.39, 0.29) is 11.6 Å². The summed E-state index contributed by atoms with van der Waals surface area (Å²) in [6, 6.07) is 10.5. The lowest BCUT2D eigenvalue weighted by Crippen LogP contribution is -2.19. The van der Waals surface area contributed by atoms with Gasteiger partial charge in [-0.15, -0.1) is 0 Å². The van der Waals surface area contributed by atoms with E-state index in [9.17, 15) is 9.59 Å². The van der Waals surface area contributed by atoms with Gasteiger partial charge in [0.25, 0.3) is 5.89 Å². The summed E-state index contributed by atoms with van der Waals surface area (Å²) in [6.45, 7) is 0. The summed E-state index contributed by atoms with van der Waals surface area (Å²) in [5.41, 5.74) is 2.44. The van der Waals surface area contributed by atoms with Crippen molar-refractivity contribution in [2.24, 2.45) is 0 Å². The predicted octanol–water partition coefficient (Wildman–Crippen LogP) is 1.87. The van der Waals surface area contributed by atoms with Gasteiger partial charge in [0.15, 0.2) is 0 Å². The number of ether oxygens (including phenoxy) is 1. The molecule has 3 rings (SSSR count). The molecular formula is C18H16N4O4. The molecule has 132 valence electrons. The van der Waals surface area contributed by atoms with Gasteiger partial charge in [0.1, 0.15) is 5.69 Å². The number of pyridine rings is 1. The van der Waals surface area contributed by atoms with Crippen molar-refractivity contribution in [2.75, 3.05) is 14.2 Å². The average Bonchev–Trinajstić information content (AvgIpc) is 3.18. The van der Waals surface area contributed by atoms with E-state index in [4.69, 9.17) is 4.52 Å². The molecule has 1 aromatic carbocycles. The zero-order valence-corrected chi connectivity index (χ0v) is 14.2. The molecule has 0 unspecified atom stereocenters. The first-order valence-electron chi connectivity index (χ1n) is 7.79. The van der Waals surface area contributed by atoms with Crippen LogP contribution in [0, 0.1) is 0 Å². The molecule has 0 aliphatic heterocycles. The minimum Gasteiger partial charge on any atom is -0.464 e. The number of amides is 1. The van der Waals surface area contributed by atoms with Crippen molar-refractivity contribution < 1.29 is 18.8 Å². The Kier molecular flexibility index (Phi) is 5.02. The number of nitrogens with zero attached hydrogens (tertiary/aromatic N) is 3. The van der Waals surface area contributed by atoms with Gasteiger partial charge < -0.3 is 14.6 Å². The molecule has 0 saturated carbocycles. The van der Waals surface area contributed by atoms with Crippen LogP contribution >= 0.6 is 0 Å². The second-order valence-corrected chi connectivity index (χ2v) is 5.39. The van der Waals surface area contributed by atoms with Gasteiger partial charge >= 0.3 is 5.97 Å². The lowest BCUT2D eigenvalue weighted by atomic mass is 10.1. The zero-order valence-electron chi connectivity index (χ0n) is 14.2. The van der Waals surface area contributed by atoms with Gasteiger partial charge in [-0.05, 0) is 17.7 Å². The maximum atomic E-state index is 11.4. The van der Waals surface area contributed by atoms with Crippen molar-refractivity contribution >= 4 is 11.9 Å². The summed E-state index contributed by atoms with van der Waals surface area (Å²) >= 11 is 0. The molecular weight excluding hydrogens is 336 g/mol. The number of nitrogens with one attached hydrogen (secondary N) is 1. The highest BCUT2D eigenvalue weighted by molar-refractivity contribution is 5.87. The Hall–Kier alpha value is -3.55. The zero-order chi connectivity index (χ0) is 18.5. The SMILES string of the molecule is CNC(=O)Cc1ccc(-c2noc(-c3ccc(C(=O)OC)nc3)n2)cc1. The Bertz CT molecular complexity index is 917. The summed E-state index contributed by atoms with van der Waals surface area (Å²) in [5, 5.41) is 6.54. The monoisotopic (exact) mass is 352 g/mol. The molecule has 8 nitrogen and oxygen atoms in total. The number of carbonyl (C=O) groups is 2. The highest BCUT2D eigenvalue weighted by Crippen LogP contribution is 2.22. The van der Waals surface area contributed by atoms with Gasteiger partial charge in [0.05, 0.1) is 19.1 Å². The van der Waals surface area contributed by atoms with Crippen molar-refractivity contribution in [1.29, 1.82) is 0 Å². The summed E-state index contributed by atoms with van der Waals surface area (Å²) in [7, 11) is 2.90. The molecule has 2 heterocycles. The predicted molar refractivity (Wildman–Crippen MR) is 92.1 cm³/mol. The van der Waals surface area contributed by atoms with Gasteiger partial charge in [0.2, 0.25) is 11.7 Å². The first-order chi connectivity index (χ1) is 12.6. The van der Waals surface area contributed by atoms with E-state index in [2.05, 4.69) is 25.2 Å². The number of esters is 1. The van der Waals surface area contributed by atoms with Crippen LogP contribution in [0.5, 0.6) is 0 Å². The Morgan fingerprint density at radius 2 is 1.85 bits per heavy atom. The summed E-state index contributed by atoms with van der Waals surface area (Å²) in [5.74, 6) is 0.143. The van der Waals surface area contributed by atoms with Crippen molar-refractivity contribution in [1.82, 2.24) is 20.4 Å². The average molecular weight is 352 g/mol. The fourth-order valence-electron chi connectivity index (χ4n) is 2.25. The normalized spacial score (nSPS) is 10.4. The third-order valence-electron chi connectivity index (χ3n) is 3.69. The van der Waals surface area contributed by atoms with Gasteiger partial charge in [0, 0.05) is 18.8 Å². The first-order valence-corrected chi connectivity index (χ1v) is 7.79. The lowest BCUT2D eigenvalue weighted by molar-refractivity contribution is -0.119. The van der Waals surface area contributed by atoms with Crippen molar-refractivity contribution in [3.63, 3.8) is 0 Å². The standard InChI is InChI=1S/C18H16N4O4/c1-19-15(23)9-11-3-5-12(6-4-11)16-21-17(26-22-16)13-7-8-14(20-10-13)18(24)25-2/h3-8,10H,9H2,1-2H3,(H,19,23). The van der Waals surface area contributed by atoms with Gasteiger partial charge in [-0.1, -0.05) is 29.4 Å². The Balaban J connectivity index is 1.77. The topological polar surface area (TPSA) is 107 Å². The Morgan fingerprint density at radius 3 is 2.46 bits per heavy atom. The molecule has 26 heavy (non-hydrogen) atoms. The quantitative estimate of drug-likeness (QED) is 0.699. The molecule has 2 aromatic heterocycles. The minimum absolute atomic E-state index is 0.0532. The van der Waals surface area contributed by atoms with Gasteiger partial charge in [-0.25, -0.2) is 9.78 Å². The van der Waals surface area contributed by atoms with Crippen LogP contribution in [-0.2, 0) is 16.0 Å². The highest BCUT2D eigenvalue weighted by atomic mass is 16.5. The number of benzene rings is 1. The Morgan fingerprint density at radius 1 is 1.12 bits per heavy atom. The maximum Gasteiger partial charge on any atom is 0.356 e. The molecule has 0 saturated heterocycles. The minimum atomic E-state index is -0.514. The van der Waals surface area contributed by atoms with Crippen LogP contribution in [0.25, 0.3) is 22.8 Å². The van der Waals surface area contributed by atoms with E-state index < -0.39 is 5.97 Å². The van der Waals surface area contributed by atoms with E-state index in [1.165, 1.54) is 19.4 Å². The van der Waals surface area contributed by atoms with Crippen molar-refractivity contribution in [3.8, 4) is 22.8 Å². The Labute approximate surface area is 149 Å². The van der Waals surface area contributed by atoms with Crippen LogP contribution in [0.2, 0.25) is 0 Å². The molecule has 3 aromatic rings. The third-order valence-corrected chi connectivity index (χ3v) is 3.69. The van der Waals surface area contributed by atoms with Gasteiger partial charge in [-0.3, -0.25) is 4.79 Å². The van der Waals surface area contributed by atoms with E-state index in [1.54, 1.807) is 13.1 Å². The van der Waals surface area contributed by atoms with E-state index >= 15 is 0 Å². The molecule has 0 radical (unpaired) electrons. The van der Waals surface area contributed by atoms with Crippen LogP contribution in [0.1, 0.15) is 16.1 Å². The molecule has 8 heteroatoms. The largest absolute Gasteiger partial charge is 0.464 e. The maximum absolute atomic E-state index is 11.4. The number of hydrogen-bond donors (Lipinski definition) is 1. The summed E-state index contributed by atoms with van der Waals surface area (Å²) in [6.07, 6.45) is 1.78. The molecule has 0 fully saturated rings. The highest BCUT2D eigenvalue weighted by Gasteiger charge is 2.13. The van der Waals surface area contributed by atoms with Crippen molar-refractivity contribution in [2.45, 2.75) is 6.42 Å². The molecule has 0 bridgehead atoms. The first kappa shape index (κ1) is 17.3. The van der Waals surface area contributed by atoms with Crippen LogP contribution in [0.4, 0.5) is 0 Å². The van der Waals surface area contributed by atoms with Crippen LogP contribution < -0.4 is 5.32 Å². The number of carbonyl (C=O) groups excluding carboxylic acids is 2. The molecule has 0 atom stereocenters. The smallest absolute Gasteiger partial charge is 0.356 e. The number of rotatable bonds is 5. The fraction of sp³-hybridized carbons (Fsp3) is 0.167. The van der Waals surface area contributed by atoms with Gasteiger partial charge in [-0.2, -0.15) is 4.98 Å². The second-order valence-electron chi connectivity index (χ2n) is 5.39. The number of methoxy groups -OCH3 is 1.